The van der Waals surface area contributed by atoms with Crippen LogP contribution in [0.1, 0.15) is 19.8 Å². The largest absolute Gasteiger partial charge is 0.511 e. The molecular formula is C14H14ClNO3. The van der Waals surface area contributed by atoms with Gasteiger partial charge in [-0.3, -0.25) is 9.59 Å². The third-order valence-corrected chi connectivity index (χ3v) is 3.16. The Balaban J connectivity index is 2.22. The molecule has 0 heterocycles. The predicted octanol–water partition coefficient (Wildman–Crippen LogP) is 2.80. The maximum atomic E-state index is 12.0. The summed E-state index contributed by atoms with van der Waals surface area (Å²) in [7, 11) is 0. The summed E-state index contributed by atoms with van der Waals surface area (Å²) in [5.41, 5.74) is 0.377. The topological polar surface area (TPSA) is 66.4 Å². The number of para-hydroxylation sites is 1. The highest BCUT2D eigenvalue weighted by Gasteiger charge is 2.37. The van der Waals surface area contributed by atoms with E-state index in [4.69, 9.17) is 11.6 Å². The Labute approximate surface area is 116 Å². The lowest BCUT2D eigenvalue weighted by molar-refractivity contribution is -0.121. The zero-order valence-corrected chi connectivity index (χ0v) is 11.2. The molecule has 0 radical (unpaired) electrons. The van der Waals surface area contributed by atoms with Gasteiger partial charge in [-0.05, 0) is 19.1 Å². The summed E-state index contributed by atoms with van der Waals surface area (Å²) >= 11 is 6.05. The molecule has 1 amide bonds. The van der Waals surface area contributed by atoms with Crippen molar-refractivity contribution in [1.29, 1.82) is 0 Å². The molecule has 0 bridgehead atoms. The molecule has 1 unspecified atom stereocenters. The molecule has 1 aliphatic rings. The van der Waals surface area contributed by atoms with Crippen LogP contribution in [0.15, 0.2) is 41.7 Å². The van der Waals surface area contributed by atoms with Crippen LogP contribution in [-0.4, -0.2) is 21.7 Å². The van der Waals surface area contributed by atoms with Crippen molar-refractivity contribution in [1.82, 2.24) is 0 Å². The van der Waals surface area contributed by atoms with E-state index in [0.717, 1.165) is 0 Å². The number of aliphatic hydroxyl groups is 1. The van der Waals surface area contributed by atoms with Crippen LogP contribution in [0, 0.1) is 0 Å². The summed E-state index contributed by atoms with van der Waals surface area (Å²) in [5, 5.41) is 12.4. The van der Waals surface area contributed by atoms with Crippen molar-refractivity contribution in [2.45, 2.75) is 24.6 Å². The van der Waals surface area contributed by atoms with E-state index in [9.17, 15) is 14.7 Å². The van der Waals surface area contributed by atoms with E-state index in [1.807, 2.05) is 6.07 Å². The Morgan fingerprint density at radius 3 is 2.53 bits per heavy atom. The summed E-state index contributed by atoms with van der Waals surface area (Å²) in [6.45, 7) is 1.66. The van der Waals surface area contributed by atoms with Crippen molar-refractivity contribution in [2.24, 2.45) is 0 Å². The van der Waals surface area contributed by atoms with Gasteiger partial charge in [0.05, 0.1) is 4.87 Å². The van der Waals surface area contributed by atoms with Crippen LogP contribution in [0.2, 0.25) is 0 Å². The fraction of sp³-hybridized carbons (Fsp3) is 0.286. The predicted molar refractivity (Wildman–Crippen MR) is 73.2 cm³/mol. The molecule has 0 aliphatic heterocycles. The normalized spacial score (nSPS) is 23.4. The minimum atomic E-state index is -0.822. The van der Waals surface area contributed by atoms with Crippen LogP contribution in [0.3, 0.4) is 0 Å². The van der Waals surface area contributed by atoms with Crippen molar-refractivity contribution in [3.8, 4) is 0 Å². The van der Waals surface area contributed by atoms with Gasteiger partial charge in [-0.25, -0.2) is 0 Å². The number of amides is 1. The molecule has 1 aromatic rings. The molecule has 1 atom stereocenters. The average molecular weight is 280 g/mol. The van der Waals surface area contributed by atoms with Gasteiger partial charge in [0, 0.05) is 18.5 Å². The summed E-state index contributed by atoms with van der Waals surface area (Å²) in [6, 6.07) is 8.75. The number of allylic oxidation sites excluding steroid dienone is 1. The molecule has 0 spiro atoms. The zero-order valence-electron chi connectivity index (χ0n) is 10.4. The Bertz CT molecular complexity index is 549. The number of carbonyl (C=O) groups excluding carboxylic acids is 2. The number of aliphatic hydroxyl groups excluding tert-OH is 1. The van der Waals surface area contributed by atoms with E-state index in [1.165, 1.54) is 0 Å². The Morgan fingerprint density at radius 1 is 1.32 bits per heavy atom. The van der Waals surface area contributed by atoms with Gasteiger partial charge in [-0.2, -0.15) is 0 Å². The van der Waals surface area contributed by atoms with E-state index in [0.29, 0.717) is 5.69 Å². The van der Waals surface area contributed by atoms with Gasteiger partial charge in [-0.1, -0.05) is 18.2 Å². The highest BCUT2D eigenvalue weighted by atomic mass is 35.5. The van der Waals surface area contributed by atoms with Crippen LogP contribution in [0.4, 0.5) is 5.69 Å². The number of anilines is 1. The fourth-order valence-electron chi connectivity index (χ4n) is 2.06. The zero-order chi connectivity index (χ0) is 14.0. The second-order valence-electron chi connectivity index (χ2n) is 4.83. The van der Waals surface area contributed by atoms with Crippen LogP contribution in [-0.2, 0) is 9.59 Å². The minimum Gasteiger partial charge on any atom is -0.511 e. The molecular weight excluding hydrogens is 266 g/mol. The summed E-state index contributed by atoms with van der Waals surface area (Å²) in [5.74, 6) is -1.28. The number of benzene rings is 1. The number of rotatable bonds is 2. The number of hydrogen-bond donors (Lipinski definition) is 2. The molecule has 0 saturated heterocycles. The Kier molecular flexibility index (Phi) is 3.62. The van der Waals surface area contributed by atoms with Crippen LogP contribution < -0.4 is 5.32 Å². The maximum Gasteiger partial charge on any atom is 0.262 e. The van der Waals surface area contributed by atoms with E-state index in [1.54, 1.807) is 31.2 Å². The van der Waals surface area contributed by atoms with Crippen molar-refractivity contribution >= 4 is 29.0 Å². The summed E-state index contributed by atoms with van der Waals surface area (Å²) in [4.78, 5) is 23.1. The maximum absolute atomic E-state index is 12.0. The number of nitrogens with one attached hydrogen (secondary N) is 1. The molecule has 19 heavy (non-hydrogen) atoms. The van der Waals surface area contributed by atoms with E-state index >= 15 is 0 Å². The molecule has 0 saturated carbocycles. The lowest BCUT2D eigenvalue weighted by atomic mass is 9.87. The van der Waals surface area contributed by atoms with Crippen LogP contribution in [0.25, 0.3) is 0 Å². The molecule has 2 N–H and O–H groups in total. The van der Waals surface area contributed by atoms with Gasteiger partial charge in [0.15, 0.2) is 5.78 Å². The summed E-state index contributed by atoms with van der Waals surface area (Å²) in [6.07, 6.45) is 0.147. The van der Waals surface area contributed by atoms with Gasteiger partial charge in [-0.15, -0.1) is 11.6 Å². The lowest BCUT2D eigenvalue weighted by Crippen LogP contribution is -2.34. The highest BCUT2D eigenvalue weighted by Crippen LogP contribution is 2.34. The molecule has 5 heteroatoms. The first-order chi connectivity index (χ1) is 8.89. The van der Waals surface area contributed by atoms with E-state index in [-0.39, 0.29) is 24.2 Å². The Hall–Kier alpha value is -1.81. The van der Waals surface area contributed by atoms with E-state index < -0.39 is 16.6 Å². The van der Waals surface area contributed by atoms with Gasteiger partial charge < -0.3 is 10.4 Å². The third kappa shape index (κ3) is 3.15. The minimum absolute atomic E-state index is 0.0379. The standard InChI is InChI=1S/C14H14ClNO3/c1-14(15)7-10(17)12(11(18)8-14)13(19)16-9-5-3-2-4-6-9/h2-6,17H,7-8H2,1H3,(H,16,19). The number of ketones is 1. The van der Waals surface area contributed by atoms with Crippen molar-refractivity contribution in [3.05, 3.63) is 41.7 Å². The first-order valence-electron chi connectivity index (χ1n) is 5.90. The Morgan fingerprint density at radius 2 is 1.95 bits per heavy atom. The van der Waals surface area contributed by atoms with Gasteiger partial charge in [0.25, 0.3) is 5.91 Å². The molecule has 100 valence electrons. The molecule has 0 fully saturated rings. The average Bonchev–Trinajstić information content (AvgIpc) is 2.27. The monoisotopic (exact) mass is 279 g/mol. The molecule has 0 aromatic heterocycles. The van der Waals surface area contributed by atoms with Crippen LogP contribution >= 0.6 is 11.6 Å². The van der Waals surface area contributed by atoms with E-state index in [2.05, 4.69) is 5.32 Å². The van der Waals surface area contributed by atoms with Crippen LogP contribution in [0.5, 0.6) is 0 Å². The van der Waals surface area contributed by atoms with Gasteiger partial charge >= 0.3 is 0 Å². The third-order valence-electron chi connectivity index (χ3n) is 2.89. The van der Waals surface area contributed by atoms with Crippen molar-refractivity contribution in [3.63, 3.8) is 0 Å². The molecule has 1 aromatic carbocycles. The SMILES string of the molecule is CC1(Cl)CC(=O)C(C(=O)Nc2ccccc2)=C(O)C1. The quantitative estimate of drug-likeness (QED) is 0.646. The van der Waals surface area contributed by atoms with Crippen molar-refractivity contribution < 1.29 is 14.7 Å². The summed E-state index contributed by atoms with van der Waals surface area (Å²) < 4.78 is 0. The molecule has 2 rings (SSSR count). The fourth-order valence-corrected chi connectivity index (χ4v) is 2.30. The first-order valence-corrected chi connectivity index (χ1v) is 6.27. The number of hydrogen-bond acceptors (Lipinski definition) is 3. The lowest BCUT2D eigenvalue weighted by Gasteiger charge is -2.26. The van der Waals surface area contributed by atoms with Gasteiger partial charge in [0.1, 0.15) is 11.3 Å². The first kappa shape index (κ1) is 13.6. The van der Waals surface area contributed by atoms with Gasteiger partial charge in [0.2, 0.25) is 0 Å². The second-order valence-corrected chi connectivity index (χ2v) is 5.74. The number of alkyl halides is 1. The highest BCUT2D eigenvalue weighted by molar-refractivity contribution is 6.30. The number of halogens is 1. The second kappa shape index (κ2) is 5.05. The molecule has 4 nitrogen and oxygen atoms in total. The number of carbonyl (C=O) groups is 2. The van der Waals surface area contributed by atoms with Crippen molar-refractivity contribution in [2.75, 3.05) is 5.32 Å². The molecule has 1 aliphatic carbocycles. The number of Topliss-reactive ketones (excluding diaryl/α,β-unsaturated/α-hetero) is 1. The smallest absolute Gasteiger partial charge is 0.262 e.